The van der Waals surface area contributed by atoms with Crippen LogP contribution in [0, 0.1) is 0 Å². The van der Waals surface area contributed by atoms with Crippen molar-refractivity contribution in [3.05, 3.63) is 48.7 Å². The van der Waals surface area contributed by atoms with Gasteiger partial charge in [0.05, 0.1) is 0 Å². The van der Waals surface area contributed by atoms with Crippen molar-refractivity contribution >= 4 is 17.7 Å². The summed E-state index contributed by atoms with van der Waals surface area (Å²) in [5.74, 6) is 0. The first-order chi connectivity index (χ1) is 10.4. The van der Waals surface area contributed by atoms with Crippen molar-refractivity contribution in [1.82, 2.24) is 4.98 Å². The maximum absolute atomic E-state index is 4.81. The van der Waals surface area contributed by atoms with Crippen LogP contribution in [0.3, 0.4) is 0 Å². The average molecular weight is 356 g/mol. The van der Waals surface area contributed by atoms with Crippen LogP contribution in [0.5, 0.6) is 0 Å². The first kappa shape index (κ1) is 17.3. The number of nitrogens with zero attached hydrogens (tertiary/aromatic N) is 1. The number of hydrogen-bond donors (Lipinski definition) is 0. The van der Waals surface area contributed by atoms with Crippen molar-refractivity contribution in [3.8, 4) is 11.3 Å². The Hall–Kier alpha value is -1.09. The molecule has 0 aliphatic heterocycles. The molecule has 1 nitrogen and oxygen atoms in total. The van der Waals surface area contributed by atoms with E-state index in [9.17, 15) is 0 Å². The molecule has 2 heteroatoms. The fraction of sp³-hybridized carbons (Fsp3) is 0.450. The summed E-state index contributed by atoms with van der Waals surface area (Å²) in [4.78, 5) is 4.81. The fourth-order valence-corrected chi connectivity index (χ4v) is 18.4. The van der Waals surface area contributed by atoms with Crippen LogP contribution < -0.4 is 4.40 Å². The molecule has 0 spiro atoms. The molecule has 22 heavy (non-hydrogen) atoms. The van der Waals surface area contributed by atoms with Crippen LogP contribution in [-0.2, 0) is 0 Å². The maximum atomic E-state index is 4.81. The average Bonchev–Trinajstić information content (AvgIpc) is 2.48. The Kier molecular flexibility index (Phi) is 5.49. The second kappa shape index (κ2) is 6.99. The SMILES string of the molecule is C[CH](C)[Ge]([c]1ccc(-c2ccccc2)nc1)([CH](C)C)[CH](C)C. The molecule has 0 amide bonds. The Morgan fingerprint density at radius 2 is 1.27 bits per heavy atom. The molecule has 2 rings (SSSR count). The van der Waals surface area contributed by atoms with Crippen molar-refractivity contribution in [3.63, 3.8) is 0 Å². The summed E-state index contributed by atoms with van der Waals surface area (Å²) in [5.41, 5.74) is 2.28. The van der Waals surface area contributed by atoms with E-state index in [4.69, 9.17) is 4.98 Å². The predicted octanol–water partition coefficient (Wildman–Crippen LogP) is 5.63. The van der Waals surface area contributed by atoms with Crippen LogP contribution in [0.4, 0.5) is 0 Å². The molecular formula is C20H29GeN. The molecule has 1 aromatic heterocycles. The number of rotatable bonds is 5. The summed E-state index contributed by atoms with van der Waals surface area (Å²) >= 11 is -2.21. The van der Waals surface area contributed by atoms with Gasteiger partial charge in [0.15, 0.2) is 0 Å². The number of aromatic nitrogens is 1. The number of hydrogen-bond acceptors (Lipinski definition) is 1. The number of benzene rings is 1. The minimum atomic E-state index is -2.21. The van der Waals surface area contributed by atoms with E-state index >= 15 is 0 Å². The number of pyridine rings is 1. The molecule has 0 N–H and O–H groups in total. The molecule has 1 heterocycles. The van der Waals surface area contributed by atoms with E-state index in [0.717, 1.165) is 19.9 Å². The molecule has 2 aromatic rings. The third kappa shape index (κ3) is 3.01. The van der Waals surface area contributed by atoms with Crippen molar-refractivity contribution in [2.45, 2.75) is 55.8 Å². The van der Waals surface area contributed by atoms with Gasteiger partial charge in [0.25, 0.3) is 0 Å². The summed E-state index contributed by atoms with van der Waals surface area (Å²) < 4.78 is 3.86. The topological polar surface area (TPSA) is 12.9 Å². The predicted molar refractivity (Wildman–Crippen MR) is 100 cm³/mol. The van der Waals surface area contributed by atoms with Crippen molar-refractivity contribution in [2.75, 3.05) is 0 Å². The molecule has 0 fully saturated rings. The van der Waals surface area contributed by atoms with Gasteiger partial charge in [-0.15, -0.1) is 0 Å². The van der Waals surface area contributed by atoms with Crippen molar-refractivity contribution < 1.29 is 0 Å². The first-order valence-corrected chi connectivity index (χ1v) is 13.1. The van der Waals surface area contributed by atoms with Gasteiger partial charge in [-0.1, -0.05) is 0 Å². The van der Waals surface area contributed by atoms with Gasteiger partial charge in [-0.2, -0.15) is 0 Å². The molecule has 1 aromatic carbocycles. The molecule has 118 valence electrons. The Morgan fingerprint density at radius 1 is 0.727 bits per heavy atom. The Balaban J connectivity index is 2.47. The van der Waals surface area contributed by atoms with E-state index in [0.29, 0.717) is 0 Å². The van der Waals surface area contributed by atoms with E-state index in [-0.39, 0.29) is 0 Å². The zero-order valence-corrected chi connectivity index (χ0v) is 16.9. The third-order valence-electron chi connectivity index (χ3n) is 5.20. The summed E-state index contributed by atoms with van der Waals surface area (Å²) in [6.07, 6.45) is 2.18. The van der Waals surface area contributed by atoms with Crippen LogP contribution in [-0.4, -0.2) is 18.3 Å². The summed E-state index contributed by atoms with van der Waals surface area (Å²) in [6, 6.07) is 15.0. The van der Waals surface area contributed by atoms with Crippen LogP contribution in [0.2, 0.25) is 14.3 Å². The summed E-state index contributed by atoms with van der Waals surface area (Å²) in [7, 11) is 0. The van der Waals surface area contributed by atoms with Gasteiger partial charge < -0.3 is 0 Å². The van der Waals surface area contributed by atoms with E-state index < -0.39 is 13.3 Å². The van der Waals surface area contributed by atoms with E-state index in [1.807, 2.05) is 0 Å². The summed E-state index contributed by atoms with van der Waals surface area (Å²) in [5, 5.41) is 0. The summed E-state index contributed by atoms with van der Waals surface area (Å²) in [6.45, 7) is 14.5. The molecule has 0 saturated heterocycles. The van der Waals surface area contributed by atoms with Crippen LogP contribution >= 0.6 is 0 Å². The molecule has 0 atom stereocenters. The quantitative estimate of drug-likeness (QED) is 0.633. The Morgan fingerprint density at radius 3 is 1.68 bits per heavy atom. The van der Waals surface area contributed by atoms with Gasteiger partial charge in [0, 0.05) is 0 Å². The van der Waals surface area contributed by atoms with Crippen molar-refractivity contribution in [2.24, 2.45) is 0 Å². The van der Waals surface area contributed by atoms with Gasteiger partial charge in [-0.3, -0.25) is 0 Å². The molecular weight excluding hydrogens is 327 g/mol. The van der Waals surface area contributed by atoms with Crippen LogP contribution in [0.25, 0.3) is 11.3 Å². The van der Waals surface area contributed by atoms with E-state index in [1.54, 1.807) is 4.40 Å². The molecule has 0 aliphatic rings. The minimum absolute atomic E-state index is 0.768. The van der Waals surface area contributed by atoms with Gasteiger partial charge >= 0.3 is 138 Å². The fourth-order valence-electron chi connectivity index (χ4n) is 4.43. The van der Waals surface area contributed by atoms with Gasteiger partial charge in [-0.05, 0) is 0 Å². The molecule has 0 saturated carbocycles. The van der Waals surface area contributed by atoms with Crippen LogP contribution in [0.1, 0.15) is 41.5 Å². The normalized spacial score (nSPS) is 12.4. The Bertz CT molecular complexity index is 563. The zero-order valence-electron chi connectivity index (χ0n) is 14.8. The van der Waals surface area contributed by atoms with Crippen molar-refractivity contribution in [1.29, 1.82) is 0 Å². The van der Waals surface area contributed by atoms with Gasteiger partial charge in [-0.25, -0.2) is 0 Å². The molecule has 0 radical (unpaired) electrons. The standard InChI is InChI=1S/C20H29GeN/c1-15(2)21(16(3)4,17(5)6)19-12-13-20(22-14-19)18-10-8-7-9-11-18/h7-17H,1-6H3. The zero-order chi connectivity index (χ0) is 16.3. The van der Waals surface area contributed by atoms with E-state index in [1.165, 1.54) is 5.56 Å². The molecule has 0 bridgehead atoms. The van der Waals surface area contributed by atoms with Gasteiger partial charge in [0.1, 0.15) is 0 Å². The second-order valence-electron chi connectivity index (χ2n) is 7.20. The first-order valence-electron chi connectivity index (χ1n) is 8.42. The van der Waals surface area contributed by atoms with E-state index in [2.05, 4.69) is 90.2 Å². The van der Waals surface area contributed by atoms with Gasteiger partial charge in [0.2, 0.25) is 0 Å². The monoisotopic (exact) mass is 357 g/mol. The Labute approximate surface area is 138 Å². The second-order valence-corrected chi connectivity index (χ2v) is 19.6. The molecule has 0 unspecified atom stereocenters. The van der Waals surface area contributed by atoms with Crippen LogP contribution in [0.15, 0.2) is 48.7 Å². The molecule has 0 aliphatic carbocycles. The third-order valence-corrected chi connectivity index (χ3v) is 19.9.